The van der Waals surface area contributed by atoms with Crippen molar-refractivity contribution in [1.29, 1.82) is 0 Å². The predicted octanol–water partition coefficient (Wildman–Crippen LogP) is 3.53. The predicted molar refractivity (Wildman–Crippen MR) is 77.7 cm³/mol. The number of nitrogens with two attached hydrogens (primary N) is 1. The summed E-state index contributed by atoms with van der Waals surface area (Å²) in [6.07, 6.45) is -1.86. The fourth-order valence-corrected chi connectivity index (χ4v) is 1.83. The van der Waals surface area contributed by atoms with E-state index in [1.165, 1.54) is 18.5 Å². The van der Waals surface area contributed by atoms with E-state index in [1.807, 2.05) is 0 Å². The van der Waals surface area contributed by atoms with Crippen LogP contribution in [0.3, 0.4) is 0 Å². The summed E-state index contributed by atoms with van der Waals surface area (Å²) in [6, 6.07) is 3.11. The summed E-state index contributed by atoms with van der Waals surface area (Å²) in [6.45, 7) is 0. The van der Waals surface area contributed by atoms with Crippen LogP contribution in [0.15, 0.2) is 30.6 Å². The fourth-order valence-electron chi connectivity index (χ4n) is 1.49. The topological polar surface area (TPSA) is 63.8 Å². The number of thiocarbonyl (C=S) groups is 1. The minimum atomic E-state index is -4.48. The monoisotopic (exact) mass is 332 g/mol. The maximum absolute atomic E-state index is 12.7. The molecule has 0 aliphatic rings. The molecule has 0 saturated carbocycles. The van der Waals surface area contributed by atoms with Gasteiger partial charge in [0.05, 0.1) is 18.0 Å². The second kappa shape index (κ2) is 5.82. The average Bonchev–Trinajstić information content (AvgIpc) is 2.37. The molecule has 1 heterocycles. The lowest BCUT2D eigenvalue weighted by Crippen LogP contribution is -2.12. The molecule has 0 aliphatic carbocycles. The molecule has 3 N–H and O–H groups in total. The molecule has 2 aromatic rings. The largest absolute Gasteiger partial charge is 0.416 e. The van der Waals surface area contributed by atoms with Crippen LogP contribution in [0, 0.1) is 0 Å². The molecule has 0 bridgehead atoms. The number of aromatic nitrogens is 2. The Morgan fingerprint density at radius 1 is 1.19 bits per heavy atom. The summed E-state index contributed by atoms with van der Waals surface area (Å²) in [5.74, 6) is 0.241. The maximum Gasteiger partial charge on any atom is 0.416 e. The third-order valence-electron chi connectivity index (χ3n) is 2.40. The summed E-state index contributed by atoms with van der Waals surface area (Å²) in [7, 11) is 0. The van der Waals surface area contributed by atoms with Gasteiger partial charge in [-0.1, -0.05) is 23.8 Å². The number of rotatable bonds is 3. The van der Waals surface area contributed by atoms with E-state index in [2.05, 4.69) is 15.3 Å². The Bertz CT molecular complexity index is 673. The Labute approximate surface area is 128 Å². The van der Waals surface area contributed by atoms with Gasteiger partial charge < -0.3 is 11.1 Å². The number of hydrogen-bond donors (Lipinski definition) is 2. The molecule has 0 unspecified atom stereocenters. The number of anilines is 2. The summed E-state index contributed by atoms with van der Waals surface area (Å²) >= 11 is 10.4. The molecule has 2 rings (SSSR count). The first-order valence-electron chi connectivity index (χ1n) is 5.52. The van der Waals surface area contributed by atoms with Gasteiger partial charge in [-0.15, -0.1) is 0 Å². The van der Waals surface area contributed by atoms with Crippen LogP contribution in [-0.2, 0) is 6.18 Å². The van der Waals surface area contributed by atoms with Gasteiger partial charge in [0.15, 0.2) is 0 Å². The summed E-state index contributed by atoms with van der Waals surface area (Å²) in [5, 5.41) is 2.64. The van der Waals surface area contributed by atoms with Gasteiger partial charge in [-0.2, -0.15) is 13.2 Å². The van der Waals surface area contributed by atoms with Crippen molar-refractivity contribution in [2.24, 2.45) is 5.73 Å². The van der Waals surface area contributed by atoms with Crippen LogP contribution < -0.4 is 11.1 Å². The van der Waals surface area contributed by atoms with E-state index < -0.39 is 11.7 Å². The third-order valence-corrected chi connectivity index (χ3v) is 2.83. The number of hydrogen-bond acceptors (Lipinski definition) is 4. The van der Waals surface area contributed by atoms with Gasteiger partial charge >= 0.3 is 6.18 Å². The van der Waals surface area contributed by atoms with Crippen molar-refractivity contribution in [1.82, 2.24) is 9.97 Å². The Balaban J connectivity index is 2.27. The molecular formula is C12H8ClF3N4S. The molecular weight excluding hydrogens is 325 g/mol. The summed E-state index contributed by atoms with van der Waals surface area (Å²) in [5.41, 5.74) is 4.98. The molecule has 110 valence electrons. The Hall–Kier alpha value is -1.93. The van der Waals surface area contributed by atoms with Crippen LogP contribution in [0.4, 0.5) is 24.7 Å². The Morgan fingerprint density at radius 3 is 2.43 bits per heavy atom. The summed E-state index contributed by atoms with van der Waals surface area (Å²) in [4.78, 5) is 7.95. The van der Waals surface area contributed by atoms with Gasteiger partial charge in [-0.3, -0.25) is 0 Å². The van der Waals surface area contributed by atoms with Crippen molar-refractivity contribution < 1.29 is 13.2 Å². The first-order chi connectivity index (χ1) is 9.75. The molecule has 4 nitrogen and oxygen atoms in total. The second-order valence-electron chi connectivity index (χ2n) is 4.00. The highest BCUT2D eigenvalue weighted by Gasteiger charge is 2.31. The fraction of sp³-hybridized carbons (Fsp3) is 0.0833. The highest BCUT2D eigenvalue weighted by Crippen LogP contribution is 2.33. The smallest absolute Gasteiger partial charge is 0.388 e. The molecule has 1 aromatic heterocycles. The zero-order valence-electron chi connectivity index (χ0n) is 10.3. The summed E-state index contributed by atoms with van der Waals surface area (Å²) < 4.78 is 38.1. The molecule has 0 saturated heterocycles. The number of benzene rings is 1. The van der Waals surface area contributed by atoms with Gasteiger partial charge in [0.2, 0.25) is 0 Å². The molecule has 0 aliphatic heterocycles. The first kappa shape index (κ1) is 15.5. The zero-order chi connectivity index (χ0) is 15.6. The normalized spacial score (nSPS) is 11.2. The quantitative estimate of drug-likeness (QED) is 0.842. The van der Waals surface area contributed by atoms with Crippen LogP contribution in [0.1, 0.15) is 11.3 Å². The Kier molecular flexibility index (Phi) is 4.29. The van der Waals surface area contributed by atoms with E-state index in [4.69, 9.17) is 29.6 Å². The van der Waals surface area contributed by atoms with Crippen LogP contribution in [0.2, 0.25) is 5.02 Å². The van der Waals surface area contributed by atoms with E-state index in [0.29, 0.717) is 5.69 Å². The molecule has 0 amide bonds. The van der Waals surface area contributed by atoms with E-state index >= 15 is 0 Å². The van der Waals surface area contributed by atoms with Crippen molar-refractivity contribution in [2.75, 3.05) is 5.32 Å². The van der Waals surface area contributed by atoms with Crippen molar-refractivity contribution >= 4 is 40.3 Å². The first-order valence-corrected chi connectivity index (χ1v) is 6.31. The lowest BCUT2D eigenvalue weighted by atomic mass is 10.2. The number of nitrogens with one attached hydrogen (secondary N) is 1. The molecule has 0 radical (unpaired) electrons. The third kappa shape index (κ3) is 4.02. The standard InChI is InChI=1S/C12H8ClF3N4S/c13-7-1-6(12(14,15)16)2-8(3-7)20-10-5-18-9(4-19-10)11(17)21/h1-5H,(H2,17,21)(H,19,20). The van der Waals surface area contributed by atoms with Crippen molar-refractivity contribution in [3.63, 3.8) is 0 Å². The van der Waals surface area contributed by atoms with Gasteiger partial charge in [-0.25, -0.2) is 9.97 Å². The maximum atomic E-state index is 12.7. The molecule has 0 atom stereocenters. The number of halogens is 4. The SMILES string of the molecule is NC(=S)c1cnc(Nc2cc(Cl)cc(C(F)(F)F)c2)cn1. The lowest BCUT2D eigenvalue weighted by Gasteiger charge is -2.11. The van der Waals surface area contributed by atoms with Gasteiger partial charge in [-0.05, 0) is 18.2 Å². The van der Waals surface area contributed by atoms with Crippen LogP contribution >= 0.6 is 23.8 Å². The number of alkyl halides is 3. The van der Waals surface area contributed by atoms with Crippen LogP contribution in [0.25, 0.3) is 0 Å². The lowest BCUT2D eigenvalue weighted by molar-refractivity contribution is -0.137. The van der Waals surface area contributed by atoms with Crippen molar-refractivity contribution in [3.8, 4) is 0 Å². The van der Waals surface area contributed by atoms with Crippen molar-refractivity contribution in [3.05, 3.63) is 46.9 Å². The van der Waals surface area contributed by atoms with Crippen LogP contribution in [0.5, 0.6) is 0 Å². The van der Waals surface area contributed by atoms with E-state index in [0.717, 1.165) is 12.1 Å². The minimum Gasteiger partial charge on any atom is -0.388 e. The van der Waals surface area contributed by atoms with Gasteiger partial charge in [0.25, 0.3) is 0 Å². The highest BCUT2D eigenvalue weighted by atomic mass is 35.5. The zero-order valence-corrected chi connectivity index (χ0v) is 11.9. The Morgan fingerprint density at radius 2 is 1.90 bits per heavy atom. The molecule has 0 spiro atoms. The van der Waals surface area contributed by atoms with E-state index in [1.54, 1.807) is 0 Å². The van der Waals surface area contributed by atoms with E-state index in [-0.39, 0.29) is 21.5 Å². The van der Waals surface area contributed by atoms with Crippen molar-refractivity contribution in [2.45, 2.75) is 6.18 Å². The molecule has 0 fully saturated rings. The average molecular weight is 333 g/mol. The molecule has 9 heteroatoms. The van der Waals surface area contributed by atoms with E-state index in [9.17, 15) is 13.2 Å². The van der Waals surface area contributed by atoms with Gasteiger partial charge in [0.1, 0.15) is 16.5 Å². The van der Waals surface area contributed by atoms with Crippen LogP contribution in [-0.4, -0.2) is 15.0 Å². The second-order valence-corrected chi connectivity index (χ2v) is 4.88. The van der Waals surface area contributed by atoms with Gasteiger partial charge in [0, 0.05) is 10.7 Å². The minimum absolute atomic E-state index is 0.0416. The highest BCUT2D eigenvalue weighted by molar-refractivity contribution is 7.80. The molecule has 21 heavy (non-hydrogen) atoms. The number of nitrogens with zero attached hydrogens (tertiary/aromatic N) is 2. The molecule has 1 aromatic carbocycles.